The molecule has 0 bridgehead atoms. The molecule has 1 N–H and O–H groups in total. The number of carbonyl (C=O) groups is 2. The predicted molar refractivity (Wildman–Crippen MR) is 188 cm³/mol. The Bertz CT molecular complexity index is 1090. The number of carbonyl (C=O) groups excluding carboxylic acids is 2. The van der Waals surface area contributed by atoms with E-state index in [0.717, 1.165) is 19.0 Å². The summed E-state index contributed by atoms with van der Waals surface area (Å²) in [4.78, 5) is 31.4. The maximum absolute atomic E-state index is 14.4. The fourth-order valence-electron chi connectivity index (χ4n) is 5.36. The van der Waals surface area contributed by atoms with Gasteiger partial charge in [0, 0.05) is 44.6 Å². The normalized spacial score (nSPS) is 17.8. The minimum atomic E-state index is -4.75. The smallest absolute Gasteiger partial charge is 0.385 e. The molecule has 3 unspecified atom stereocenters. The molecule has 1 heterocycles. The van der Waals surface area contributed by atoms with Gasteiger partial charge in [0.2, 0.25) is 5.91 Å². The van der Waals surface area contributed by atoms with Gasteiger partial charge in [-0.05, 0) is 106 Å². The van der Waals surface area contributed by atoms with Crippen LogP contribution in [0, 0.1) is 12.3 Å². The van der Waals surface area contributed by atoms with Crippen molar-refractivity contribution >= 4 is 46.0 Å². The second-order valence-corrected chi connectivity index (χ2v) is 14.4. The molecule has 1 aliphatic carbocycles. The maximum Gasteiger partial charge on any atom is 0.417 e. The molecule has 3 atom stereocenters. The van der Waals surface area contributed by atoms with Gasteiger partial charge in [0.05, 0.1) is 42.8 Å². The quantitative estimate of drug-likeness (QED) is 0.0982. The summed E-state index contributed by atoms with van der Waals surface area (Å²) in [6.07, 6.45) is 2.98. The van der Waals surface area contributed by atoms with E-state index in [1.165, 1.54) is 25.3 Å². The molecule has 264 valence electrons. The van der Waals surface area contributed by atoms with Crippen LogP contribution in [0.2, 0.25) is 0 Å². The average Bonchev–Trinajstić information content (AvgIpc) is 3.91. The Labute approximate surface area is 288 Å². The second-order valence-electron chi connectivity index (χ2n) is 12.6. The van der Waals surface area contributed by atoms with Gasteiger partial charge in [0.25, 0.3) is 5.91 Å². The summed E-state index contributed by atoms with van der Waals surface area (Å²) in [5.41, 5.74) is -1.79. The first-order chi connectivity index (χ1) is 21.8. The number of ether oxygens (including phenoxy) is 2. The zero-order chi connectivity index (χ0) is 34.3. The fraction of sp³-hybridized carbons (Fsp3) is 0.758. The summed E-state index contributed by atoms with van der Waals surface area (Å²) in [6, 6.07) is 1.76. The lowest BCUT2D eigenvalue weighted by Gasteiger charge is -2.39. The van der Waals surface area contributed by atoms with Crippen molar-refractivity contribution < 1.29 is 36.8 Å². The Hall–Kier alpha value is -1.05. The van der Waals surface area contributed by atoms with Crippen LogP contribution in [0.25, 0.3) is 0 Å². The maximum atomic E-state index is 14.4. The van der Waals surface area contributed by atoms with E-state index in [9.17, 15) is 22.8 Å². The van der Waals surface area contributed by atoms with Gasteiger partial charge in [-0.1, -0.05) is 26.2 Å². The third-order valence-electron chi connectivity index (χ3n) is 8.30. The van der Waals surface area contributed by atoms with Gasteiger partial charge in [0.1, 0.15) is 0 Å². The molecule has 0 aromatic heterocycles. The van der Waals surface area contributed by atoms with E-state index in [1.54, 1.807) is 30.8 Å². The lowest BCUT2D eigenvalue weighted by Crippen LogP contribution is -2.52. The van der Waals surface area contributed by atoms with Crippen LogP contribution in [-0.4, -0.2) is 82.0 Å². The standard InChI is InChI=1S/C30H48F3IN3O5P.C3H6/c1-7-29(5,20-41-15-16-42-43-34)28(39)36(13-8-9-14-40-6)26-18-24(25(17-22(26)4)30(31,32)33)27(38)37(21(2)3)23-11-10-12-35-19-23;1-2-3-1/h17-18,21,23,35,43H,7-16,19-20H2,1-6H3;1-3H2. The monoisotopic (exact) mass is 787 g/mol. The Morgan fingerprint density at radius 2 is 1.80 bits per heavy atom. The molecule has 1 aromatic rings. The molecule has 46 heavy (non-hydrogen) atoms. The number of nitrogens with one attached hydrogen (secondary N) is 1. The lowest BCUT2D eigenvalue weighted by molar-refractivity contribution is -0.138. The van der Waals surface area contributed by atoms with E-state index in [1.807, 2.05) is 20.8 Å². The number of nitrogens with zero attached hydrogens (tertiary/aromatic N) is 2. The number of hydrogen-bond acceptors (Lipinski definition) is 6. The van der Waals surface area contributed by atoms with Gasteiger partial charge >= 0.3 is 6.18 Å². The molecule has 13 heteroatoms. The van der Waals surface area contributed by atoms with Crippen molar-refractivity contribution in [3.05, 3.63) is 28.8 Å². The Morgan fingerprint density at radius 1 is 1.11 bits per heavy atom. The number of benzene rings is 1. The minimum Gasteiger partial charge on any atom is -0.385 e. The molecular formula is C33H54F3IN3O5P. The first-order valence-electron chi connectivity index (χ1n) is 16.4. The van der Waals surface area contributed by atoms with Crippen molar-refractivity contribution in [2.75, 3.05) is 58.1 Å². The second kappa shape index (κ2) is 20.5. The SMILES string of the molecule is C1CC1.CCC(C)(COCCOPI)C(=O)N(CCCCOC)c1cc(C(=O)N(C(C)C)C2CCCNC2)c(C(F)(F)F)cc1C. The lowest BCUT2D eigenvalue weighted by atomic mass is 9.86. The number of aryl methyl sites for hydroxylation is 1. The third-order valence-corrected chi connectivity index (χ3v) is 9.55. The van der Waals surface area contributed by atoms with Crippen molar-refractivity contribution in [2.45, 2.75) is 104 Å². The highest BCUT2D eigenvalue weighted by Crippen LogP contribution is 2.39. The van der Waals surface area contributed by atoms with Crippen molar-refractivity contribution in [1.82, 2.24) is 10.2 Å². The molecule has 8 nitrogen and oxygen atoms in total. The highest BCUT2D eigenvalue weighted by Gasteiger charge is 2.41. The average molecular weight is 788 g/mol. The molecule has 1 aliphatic heterocycles. The number of alkyl halides is 3. The number of rotatable bonds is 17. The van der Waals surface area contributed by atoms with Crippen LogP contribution in [-0.2, 0) is 25.0 Å². The number of methoxy groups -OCH3 is 1. The van der Waals surface area contributed by atoms with Gasteiger partial charge in [-0.15, -0.1) is 0 Å². The summed E-state index contributed by atoms with van der Waals surface area (Å²) in [6.45, 7) is 12.1. The van der Waals surface area contributed by atoms with Crippen LogP contribution < -0.4 is 10.2 Å². The van der Waals surface area contributed by atoms with Crippen LogP contribution in [0.3, 0.4) is 0 Å². The fourth-order valence-corrected chi connectivity index (χ4v) is 6.18. The number of halogens is 4. The molecule has 2 aliphatic rings. The van der Waals surface area contributed by atoms with Crippen molar-refractivity contribution in [2.24, 2.45) is 5.41 Å². The molecule has 2 amide bonds. The molecule has 1 saturated heterocycles. The van der Waals surface area contributed by atoms with Gasteiger partial charge in [0.15, 0.2) is 0 Å². The molecule has 1 aromatic carbocycles. The van der Waals surface area contributed by atoms with E-state index in [4.69, 9.17) is 14.0 Å². The predicted octanol–water partition coefficient (Wildman–Crippen LogP) is 7.94. The number of amides is 2. The van der Waals surface area contributed by atoms with E-state index >= 15 is 0 Å². The highest BCUT2D eigenvalue weighted by atomic mass is 127. The summed E-state index contributed by atoms with van der Waals surface area (Å²) < 4.78 is 59.7. The number of anilines is 1. The highest BCUT2D eigenvalue weighted by molar-refractivity contribution is 14.2. The Kier molecular flexibility index (Phi) is 18.3. The Balaban J connectivity index is 0.00000231. The first kappa shape index (κ1) is 41.1. The van der Waals surface area contributed by atoms with Crippen molar-refractivity contribution in [1.29, 1.82) is 0 Å². The van der Waals surface area contributed by atoms with Crippen LogP contribution in [0.15, 0.2) is 12.1 Å². The van der Waals surface area contributed by atoms with E-state index in [0.29, 0.717) is 64.2 Å². The number of piperidine rings is 1. The van der Waals surface area contributed by atoms with Crippen molar-refractivity contribution in [3.63, 3.8) is 0 Å². The summed E-state index contributed by atoms with van der Waals surface area (Å²) in [5.74, 6) is -0.941. The van der Waals surface area contributed by atoms with E-state index < -0.39 is 28.6 Å². The van der Waals surface area contributed by atoms with Gasteiger partial charge in [-0.3, -0.25) is 9.59 Å². The molecule has 0 radical (unpaired) electrons. The summed E-state index contributed by atoms with van der Waals surface area (Å²) in [7, 11) is 1.59. The number of hydrogen-bond donors (Lipinski definition) is 1. The van der Waals surface area contributed by atoms with Gasteiger partial charge < -0.3 is 29.1 Å². The van der Waals surface area contributed by atoms with Crippen LogP contribution >= 0.6 is 28.5 Å². The topological polar surface area (TPSA) is 80.3 Å². The molecule has 3 rings (SSSR count). The van der Waals surface area contributed by atoms with Gasteiger partial charge in [-0.2, -0.15) is 13.2 Å². The molecule has 1 saturated carbocycles. The molecule has 2 fully saturated rings. The minimum absolute atomic E-state index is 0.131. The largest absolute Gasteiger partial charge is 0.417 e. The van der Waals surface area contributed by atoms with Crippen LogP contribution in [0.1, 0.15) is 101 Å². The van der Waals surface area contributed by atoms with Crippen molar-refractivity contribution in [3.8, 4) is 0 Å². The molecular weight excluding hydrogens is 733 g/mol. The van der Waals surface area contributed by atoms with Crippen LogP contribution in [0.5, 0.6) is 0 Å². The van der Waals surface area contributed by atoms with E-state index in [-0.39, 0.29) is 36.7 Å². The number of unbranched alkanes of at least 4 members (excludes halogenated alkanes) is 1. The summed E-state index contributed by atoms with van der Waals surface area (Å²) in [5, 5.41) is 3.26. The first-order valence-corrected chi connectivity index (χ1v) is 20.5. The van der Waals surface area contributed by atoms with Crippen LogP contribution in [0.4, 0.5) is 18.9 Å². The van der Waals surface area contributed by atoms with E-state index in [2.05, 4.69) is 27.4 Å². The zero-order valence-electron chi connectivity index (χ0n) is 28.4. The molecule has 0 spiro atoms. The third kappa shape index (κ3) is 12.8. The Morgan fingerprint density at radius 3 is 2.33 bits per heavy atom. The van der Waals surface area contributed by atoms with Gasteiger partial charge in [-0.25, -0.2) is 0 Å². The zero-order valence-corrected chi connectivity index (χ0v) is 31.5. The summed E-state index contributed by atoms with van der Waals surface area (Å²) >= 11 is 2.12.